The minimum Gasteiger partial charge on any atom is -0.348 e. The molecule has 2 rings (SSSR count). The van der Waals surface area contributed by atoms with Crippen LogP contribution in [0, 0.1) is 0 Å². The van der Waals surface area contributed by atoms with Crippen molar-refractivity contribution in [3.63, 3.8) is 0 Å². The van der Waals surface area contributed by atoms with Gasteiger partial charge in [-0.25, -0.2) is 0 Å². The normalized spacial score (nSPS) is 31.4. The van der Waals surface area contributed by atoms with E-state index in [2.05, 4.69) is 12.6 Å². The van der Waals surface area contributed by atoms with E-state index in [0.29, 0.717) is 5.25 Å². The zero-order valence-corrected chi connectivity index (χ0v) is 7.48. The fraction of sp³-hybridized carbons (Fsp3) is 1.00. The molecule has 1 aliphatic heterocycles. The molecule has 0 aromatic heterocycles. The van der Waals surface area contributed by atoms with E-state index in [4.69, 9.17) is 9.47 Å². The molecule has 2 nitrogen and oxygen atoms in total. The van der Waals surface area contributed by atoms with Crippen molar-refractivity contribution in [1.29, 1.82) is 0 Å². The molecule has 1 aliphatic carbocycles. The van der Waals surface area contributed by atoms with Crippen LogP contribution in [0.5, 0.6) is 0 Å². The van der Waals surface area contributed by atoms with Crippen LogP contribution in [0.4, 0.5) is 0 Å². The maximum Gasteiger partial charge on any atom is 0.168 e. The molecule has 1 heterocycles. The lowest BCUT2D eigenvalue weighted by Gasteiger charge is -2.33. The molecular weight excluding hydrogens is 160 g/mol. The van der Waals surface area contributed by atoms with Crippen LogP contribution in [-0.4, -0.2) is 24.3 Å². The second-order valence-corrected chi connectivity index (χ2v) is 4.07. The molecule has 1 saturated heterocycles. The van der Waals surface area contributed by atoms with Crippen molar-refractivity contribution >= 4 is 12.6 Å². The van der Waals surface area contributed by atoms with Gasteiger partial charge >= 0.3 is 0 Å². The first-order chi connectivity index (χ1) is 5.31. The Hall–Kier alpha value is 0.270. The molecule has 3 heteroatoms. The van der Waals surface area contributed by atoms with E-state index in [9.17, 15) is 0 Å². The fourth-order valence-corrected chi connectivity index (χ4v) is 2.09. The lowest BCUT2D eigenvalue weighted by molar-refractivity contribution is -0.175. The van der Waals surface area contributed by atoms with Crippen molar-refractivity contribution in [2.24, 2.45) is 0 Å². The van der Waals surface area contributed by atoms with Crippen molar-refractivity contribution in [2.45, 2.75) is 36.7 Å². The number of ether oxygens (including phenoxy) is 2. The van der Waals surface area contributed by atoms with Crippen LogP contribution in [0.2, 0.25) is 0 Å². The third-order valence-electron chi connectivity index (χ3n) is 2.53. The molecule has 1 saturated carbocycles. The number of hydrogen-bond acceptors (Lipinski definition) is 3. The summed E-state index contributed by atoms with van der Waals surface area (Å²) >= 11 is 4.43. The predicted octanol–water partition coefficient (Wildman–Crippen LogP) is 1.60. The van der Waals surface area contributed by atoms with Gasteiger partial charge in [0.05, 0.1) is 13.2 Å². The highest BCUT2D eigenvalue weighted by molar-refractivity contribution is 7.80. The molecule has 0 N–H and O–H groups in total. The molecular formula is C8H14O2S. The van der Waals surface area contributed by atoms with Gasteiger partial charge < -0.3 is 9.47 Å². The first-order valence-electron chi connectivity index (χ1n) is 4.27. The highest BCUT2D eigenvalue weighted by atomic mass is 32.1. The highest BCUT2D eigenvalue weighted by Crippen LogP contribution is 2.37. The molecule has 0 atom stereocenters. The Morgan fingerprint density at radius 2 is 1.64 bits per heavy atom. The van der Waals surface area contributed by atoms with Gasteiger partial charge in [0.15, 0.2) is 5.79 Å². The van der Waals surface area contributed by atoms with Crippen molar-refractivity contribution in [3.8, 4) is 0 Å². The van der Waals surface area contributed by atoms with E-state index in [1.165, 1.54) is 0 Å². The van der Waals surface area contributed by atoms with Crippen molar-refractivity contribution in [2.75, 3.05) is 13.2 Å². The second kappa shape index (κ2) is 2.96. The van der Waals surface area contributed by atoms with Gasteiger partial charge in [0.25, 0.3) is 0 Å². The third kappa shape index (κ3) is 1.55. The Morgan fingerprint density at radius 1 is 1.09 bits per heavy atom. The Labute approximate surface area is 72.7 Å². The summed E-state index contributed by atoms with van der Waals surface area (Å²) < 4.78 is 11.1. The van der Waals surface area contributed by atoms with Crippen molar-refractivity contribution in [3.05, 3.63) is 0 Å². The molecule has 0 radical (unpaired) electrons. The maximum atomic E-state index is 5.57. The lowest BCUT2D eigenvalue weighted by Crippen LogP contribution is -2.35. The second-order valence-electron chi connectivity index (χ2n) is 3.34. The monoisotopic (exact) mass is 174 g/mol. The summed E-state index contributed by atoms with van der Waals surface area (Å²) in [6.45, 7) is 1.55. The molecule has 2 fully saturated rings. The molecule has 0 aromatic rings. The van der Waals surface area contributed by atoms with Crippen LogP contribution < -0.4 is 0 Å². The molecule has 11 heavy (non-hydrogen) atoms. The fourth-order valence-electron chi connectivity index (χ4n) is 1.83. The highest BCUT2D eigenvalue weighted by Gasteiger charge is 2.39. The van der Waals surface area contributed by atoms with Crippen molar-refractivity contribution < 1.29 is 9.47 Å². The van der Waals surface area contributed by atoms with E-state index in [-0.39, 0.29) is 5.79 Å². The van der Waals surface area contributed by atoms with Crippen LogP contribution in [0.3, 0.4) is 0 Å². The topological polar surface area (TPSA) is 18.5 Å². The summed E-state index contributed by atoms with van der Waals surface area (Å²) in [5, 5.41) is 0.563. The third-order valence-corrected chi connectivity index (χ3v) is 3.05. The first kappa shape index (κ1) is 7.90. The van der Waals surface area contributed by atoms with Gasteiger partial charge in [0.1, 0.15) is 0 Å². The quantitative estimate of drug-likeness (QED) is 0.562. The standard InChI is InChI=1S/C8H14O2S/c11-7-1-3-8(4-2-7)9-5-6-10-8/h7,11H,1-6H2. The summed E-state index contributed by atoms with van der Waals surface area (Å²) in [4.78, 5) is 0. The van der Waals surface area contributed by atoms with E-state index >= 15 is 0 Å². The molecule has 2 aliphatic rings. The van der Waals surface area contributed by atoms with Gasteiger partial charge in [0, 0.05) is 18.1 Å². The summed E-state index contributed by atoms with van der Waals surface area (Å²) in [5.41, 5.74) is 0. The van der Waals surface area contributed by atoms with Crippen LogP contribution in [0.15, 0.2) is 0 Å². The van der Waals surface area contributed by atoms with Gasteiger partial charge in [-0.15, -0.1) is 0 Å². The molecule has 0 amide bonds. The smallest absolute Gasteiger partial charge is 0.168 e. The SMILES string of the molecule is SC1CCC2(CC1)OCCO2. The van der Waals surface area contributed by atoms with Gasteiger partial charge in [-0.2, -0.15) is 12.6 Å². The minimum absolute atomic E-state index is 0.195. The largest absolute Gasteiger partial charge is 0.348 e. The summed E-state index contributed by atoms with van der Waals surface area (Å²) in [5.74, 6) is -0.195. The van der Waals surface area contributed by atoms with Gasteiger partial charge in [-0.1, -0.05) is 0 Å². The van der Waals surface area contributed by atoms with E-state index < -0.39 is 0 Å². The van der Waals surface area contributed by atoms with Crippen LogP contribution in [-0.2, 0) is 9.47 Å². The summed E-state index contributed by atoms with van der Waals surface area (Å²) in [6.07, 6.45) is 4.31. The summed E-state index contributed by atoms with van der Waals surface area (Å²) in [7, 11) is 0. The lowest BCUT2D eigenvalue weighted by atomic mass is 9.94. The molecule has 0 aromatic carbocycles. The minimum atomic E-state index is -0.195. The summed E-state index contributed by atoms with van der Waals surface area (Å²) in [6, 6.07) is 0. The average Bonchev–Trinajstić information content (AvgIpc) is 2.45. The zero-order valence-electron chi connectivity index (χ0n) is 6.58. The van der Waals surface area contributed by atoms with Crippen molar-refractivity contribution in [1.82, 2.24) is 0 Å². The Balaban J connectivity index is 1.94. The van der Waals surface area contributed by atoms with Crippen LogP contribution >= 0.6 is 12.6 Å². The number of thiol groups is 1. The van der Waals surface area contributed by atoms with E-state index in [1.807, 2.05) is 0 Å². The Bertz CT molecular complexity index is 133. The van der Waals surface area contributed by atoms with Crippen LogP contribution in [0.1, 0.15) is 25.7 Å². The number of rotatable bonds is 0. The van der Waals surface area contributed by atoms with Gasteiger partial charge in [-0.05, 0) is 12.8 Å². The van der Waals surface area contributed by atoms with E-state index in [1.54, 1.807) is 0 Å². The van der Waals surface area contributed by atoms with Crippen LogP contribution in [0.25, 0.3) is 0 Å². The first-order valence-corrected chi connectivity index (χ1v) is 4.78. The molecule has 64 valence electrons. The molecule has 0 unspecified atom stereocenters. The van der Waals surface area contributed by atoms with E-state index in [0.717, 1.165) is 38.9 Å². The van der Waals surface area contributed by atoms with Gasteiger partial charge in [0.2, 0.25) is 0 Å². The number of hydrogen-bond donors (Lipinski definition) is 1. The zero-order chi connectivity index (χ0) is 7.73. The average molecular weight is 174 g/mol. The van der Waals surface area contributed by atoms with Gasteiger partial charge in [-0.3, -0.25) is 0 Å². The molecule has 0 bridgehead atoms. The molecule has 1 spiro atoms. The Morgan fingerprint density at radius 3 is 2.18 bits per heavy atom. The predicted molar refractivity (Wildman–Crippen MR) is 45.9 cm³/mol. The maximum absolute atomic E-state index is 5.57. The Kier molecular flexibility index (Phi) is 2.12.